The van der Waals surface area contributed by atoms with Gasteiger partial charge in [-0.05, 0) is 43.2 Å². The van der Waals surface area contributed by atoms with Crippen molar-refractivity contribution in [2.75, 3.05) is 12.5 Å². The van der Waals surface area contributed by atoms with Crippen LogP contribution in [0.15, 0.2) is 47.4 Å². The van der Waals surface area contributed by atoms with Gasteiger partial charge < -0.3 is 4.74 Å². The van der Waals surface area contributed by atoms with Crippen LogP contribution in [0, 0.1) is 6.92 Å². The average molecular weight is 278 g/mol. The molecule has 0 aliphatic rings. The van der Waals surface area contributed by atoms with Crippen LogP contribution in [0.5, 0.6) is 5.75 Å². The van der Waals surface area contributed by atoms with E-state index in [0.29, 0.717) is 12.5 Å². The third-order valence-corrected chi connectivity index (χ3v) is 2.99. The van der Waals surface area contributed by atoms with Gasteiger partial charge >= 0.3 is 0 Å². The summed E-state index contributed by atoms with van der Waals surface area (Å²) in [5, 5.41) is 0. The van der Waals surface area contributed by atoms with Crippen LogP contribution < -0.4 is 10.3 Å². The highest BCUT2D eigenvalue weighted by Crippen LogP contribution is 2.14. The number of aromatic nitrogens is 1. The standard InChI is InChI=1S/C15H16ClNO2/c1-12-3-8-15(18)17(11-12)13-4-6-14(7-5-13)19-10-2-9-16/h3-8,11H,2,9-10H2,1H3. The van der Waals surface area contributed by atoms with E-state index in [4.69, 9.17) is 16.3 Å². The monoisotopic (exact) mass is 277 g/mol. The molecule has 0 saturated carbocycles. The van der Waals surface area contributed by atoms with Crippen LogP contribution in [-0.2, 0) is 0 Å². The molecule has 3 nitrogen and oxygen atoms in total. The zero-order valence-corrected chi connectivity index (χ0v) is 11.6. The first-order valence-corrected chi connectivity index (χ1v) is 6.72. The number of hydrogen-bond acceptors (Lipinski definition) is 2. The van der Waals surface area contributed by atoms with Gasteiger partial charge in [-0.1, -0.05) is 6.07 Å². The number of halogens is 1. The summed E-state index contributed by atoms with van der Waals surface area (Å²) in [5.74, 6) is 1.38. The third kappa shape index (κ3) is 3.61. The van der Waals surface area contributed by atoms with Crippen molar-refractivity contribution < 1.29 is 4.74 Å². The Balaban J connectivity index is 2.18. The second-order valence-corrected chi connectivity index (χ2v) is 4.68. The molecule has 0 spiro atoms. The first kappa shape index (κ1) is 13.7. The average Bonchev–Trinajstić information content (AvgIpc) is 2.43. The fourth-order valence-electron chi connectivity index (χ4n) is 1.74. The molecule has 0 aliphatic heterocycles. The molecule has 1 heterocycles. The van der Waals surface area contributed by atoms with Crippen LogP contribution in [0.1, 0.15) is 12.0 Å². The highest BCUT2D eigenvalue weighted by molar-refractivity contribution is 6.17. The number of ether oxygens (including phenoxy) is 1. The maximum Gasteiger partial charge on any atom is 0.255 e. The minimum Gasteiger partial charge on any atom is -0.494 e. The number of benzene rings is 1. The van der Waals surface area contributed by atoms with Crippen LogP contribution in [0.2, 0.25) is 0 Å². The van der Waals surface area contributed by atoms with Gasteiger partial charge in [0, 0.05) is 23.8 Å². The second-order valence-electron chi connectivity index (χ2n) is 4.30. The molecule has 1 aromatic heterocycles. The zero-order chi connectivity index (χ0) is 13.7. The molecule has 0 radical (unpaired) electrons. The fourth-order valence-corrected chi connectivity index (χ4v) is 1.85. The predicted octanol–water partition coefficient (Wildman–Crippen LogP) is 3.15. The Morgan fingerprint density at radius 2 is 1.89 bits per heavy atom. The SMILES string of the molecule is Cc1ccc(=O)n(-c2ccc(OCCCCl)cc2)c1. The summed E-state index contributed by atoms with van der Waals surface area (Å²) in [5.41, 5.74) is 1.84. The summed E-state index contributed by atoms with van der Waals surface area (Å²) in [4.78, 5) is 11.8. The lowest BCUT2D eigenvalue weighted by Gasteiger charge is -2.08. The van der Waals surface area contributed by atoms with Gasteiger partial charge in [-0.25, -0.2) is 0 Å². The highest BCUT2D eigenvalue weighted by Gasteiger charge is 2.00. The van der Waals surface area contributed by atoms with Gasteiger partial charge in [0.05, 0.1) is 6.61 Å². The maximum absolute atomic E-state index is 11.8. The van der Waals surface area contributed by atoms with Crippen LogP contribution in [0.25, 0.3) is 5.69 Å². The topological polar surface area (TPSA) is 31.2 Å². The van der Waals surface area contributed by atoms with E-state index in [2.05, 4.69) is 0 Å². The lowest BCUT2D eigenvalue weighted by atomic mass is 10.2. The Bertz CT molecular complexity index is 590. The smallest absolute Gasteiger partial charge is 0.255 e. The Morgan fingerprint density at radius 1 is 1.16 bits per heavy atom. The number of pyridine rings is 1. The van der Waals surface area contributed by atoms with E-state index in [9.17, 15) is 4.79 Å². The molecule has 0 atom stereocenters. The van der Waals surface area contributed by atoms with Gasteiger partial charge in [-0.15, -0.1) is 11.6 Å². The normalized spacial score (nSPS) is 10.4. The molecular weight excluding hydrogens is 262 g/mol. The summed E-state index contributed by atoms with van der Waals surface area (Å²) in [6, 6.07) is 10.8. The number of aryl methyl sites for hydroxylation is 1. The van der Waals surface area contributed by atoms with Crippen LogP contribution in [0.4, 0.5) is 0 Å². The number of rotatable bonds is 5. The molecule has 4 heteroatoms. The molecule has 0 unspecified atom stereocenters. The van der Waals surface area contributed by atoms with Gasteiger partial charge in [-0.2, -0.15) is 0 Å². The molecule has 0 saturated heterocycles. The minimum atomic E-state index is -0.0404. The number of alkyl halides is 1. The Kier molecular flexibility index (Phi) is 4.63. The maximum atomic E-state index is 11.8. The van der Waals surface area contributed by atoms with Crippen molar-refractivity contribution in [3.05, 3.63) is 58.5 Å². The summed E-state index contributed by atoms with van der Waals surface area (Å²) < 4.78 is 7.14. The highest BCUT2D eigenvalue weighted by atomic mass is 35.5. The first-order chi connectivity index (χ1) is 9.20. The Morgan fingerprint density at radius 3 is 2.58 bits per heavy atom. The number of nitrogens with zero attached hydrogens (tertiary/aromatic N) is 1. The van der Waals surface area contributed by atoms with Crippen LogP contribution >= 0.6 is 11.6 Å². The summed E-state index contributed by atoms with van der Waals surface area (Å²) in [6.45, 7) is 2.56. The molecule has 1 aromatic carbocycles. The van der Waals surface area contributed by atoms with E-state index < -0.39 is 0 Å². The van der Waals surface area contributed by atoms with Crippen molar-refractivity contribution in [1.29, 1.82) is 0 Å². The van der Waals surface area contributed by atoms with Crippen molar-refractivity contribution in [3.8, 4) is 11.4 Å². The largest absolute Gasteiger partial charge is 0.494 e. The van der Waals surface area contributed by atoms with E-state index in [1.54, 1.807) is 10.6 Å². The van der Waals surface area contributed by atoms with Gasteiger partial charge in [0.1, 0.15) is 5.75 Å². The number of hydrogen-bond donors (Lipinski definition) is 0. The lowest BCUT2D eigenvalue weighted by Crippen LogP contribution is -2.16. The molecule has 2 rings (SSSR count). The molecule has 19 heavy (non-hydrogen) atoms. The summed E-state index contributed by atoms with van der Waals surface area (Å²) in [6.07, 6.45) is 2.65. The minimum absolute atomic E-state index is 0.0404. The molecule has 0 amide bonds. The molecule has 2 aromatic rings. The van der Waals surface area contributed by atoms with Gasteiger partial charge in [-0.3, -0.25) is 9.36 Å². The fraction of sp³-hybridized carbons (Fsp3) is 0.267. The van der Waals surface area contributed by atoms with Crippen molar-refractivity contribution >= 4 is 11.6 Å². The van der Waals surface area contributed by atoms with E-state index >= 15 is 0 Å². The first-order valence-electron chi connectivity index (χ1n) is 6.19. The second kappa shape index (κ2) is 6.43. The van der Waals surface area contributed by atoms with E-state index in [1.807, 2.05) is 43.5 Å². The Labute approximate surface area is 117 Å². The summed E-state index contributed by atoms with van der Waals surface area (Å²) in [7, 11) is 0. The van der Waals surface area contributed by atoms with Gasteiger partial charge in [0.25, 0.3) is 5.56 Å². The van der Waals surface area contributed by atoms with Crippen molar-refractivity contribution in [1.82, 2.24) is 4.57 Å². The van der Waals surface area contributed by atoms with E-state index in [1.165, 1.54) is 0 Å². The lowest BCUT2D eigenvalue weighted by molar-refractivity contribution is 0.318. The molecule has 0 N–H and O–H groups in total. The molecule has 0 fully saturated rings. The molecule has 100 valence electrons. The van der Waals surface area contributed by atoms with Crippen molar-refractivity contribution in [3.63, 3.8) is 0 Å². The van der Waals surface area contributed by atoms with E-state index in [-0.39, 0.29) is 5.56 Å². The van der Waals surface area contributed by atoms with Crippen molar-refractivity contribution in [2.24, 2.45) is 0 Å². The van der Waals surface area contributed by atoms with Gasteiger partial charge in [0.15, 0.2) is 0 Å². The van der Waals surface area contributed by atoms with Crippen molar-refractivity contribution in [2.45, 2.75) is 13.3 Å². The van der Waals surface area contributed by atoms with Gasteiger partial charge in [0.2, 0.25) is 0 Å². The van der Waals surface area contributed by atoms with E-state index in [0.717, 1.165) is 23.4 Å². The predicted molar refractivity (Wildman–Crippen MR) is 77.6 cm³/mol. The third-order valence-electron chi connectivity index (χ3n) is 2.72. The Hall–Kier alpha value is -1.74. The molecular formula is C15H16ClNO2. The quantitative estimate of drug-likeness (QED) is 0.621. The zero-order valence-electron chi connectivity index (χ0n) is 10.8. The van der Waals surface area contributed by atoms with Crippen LogP contribution in [0.3, 0.4) is 0 Å². The molecule has 0 bridgehead atoms. The summed E-state index contributed by atoms with van der Waals surface area (Å²) >= 11 is 5.59. The molecule has 0 aliphatic carbocycles. The van der Waals surface area contributed by atoms with Crippen LogP contribution in [-0.4, -0.2) is 17.1 Å².